The monoisotopic (exact) mass is 366 g/mol. The van der Waals surface area contributed by atoms with E-state index in [1.54, 1.807) is 0 Å². The predicted octanol–water partition coefficient (Wildman–Crippen LogP) is 2.54. The zero-order valence-corrected chi connectivity index (χ0v) is 15.7. The molecular weight excluding hydrogens is 340 g/mol. The molecule has 1 unspecified atom stereocenters. The summed E-state index contributed by atoms with van der Waals surface area (Å²) in [7, 11) is 0. The van der Waals surface area contributed by atoms with Crippen molar-refractivity contribution in [3.8, 4) is 0 Å². The van der Waals surface area contributed by atoms with Gasteiger partial charge in [0.05, 0.1) is 13.2 Å². The number of aromatic nitrogens is 2. The molecule has 1 aromatic carbocycles. The average molecular weight is 366 g/mol. The van der Waals surface area contributed by atoms with Crippen LogP contribution in [0, 0.1) is 6.92 Å². The third-order valence-corrected chi connectivity index (χ3v) is 5.04. The largest absolute Gasteiger partial charge is 0.378 e. The van der Waals surface area contributed by atoms with Crippen LogP contribution in [0.1, 0.15) is 35.8 Å². The number of hydrogen-bond acceptors (Lipinski definition) is 5. The number of nitrogens with one attached hydrogen (secondary N) is 1. The number of carbonyl (C=O) groups is 1. The van der Waals surface area contributed by atoms with Crippen molar-refractivity contribution in [2.75, 3.05) is 31.6 Å². The summed E-state index contributed by atoms with van der Waals surface area (Å²) in [5, 5.41) is 3.41. The Morgan fingerprint density at radius 1 is 1.22 bits per heavy atom. The molecule has 2 heterocycles. The first-order chi connectivity index (χ1) is 13.2. The number of nitrogens with zero attached hydrogens (tertiary/aromatic N) is 3. The maximum Gasteiger partial charge on any atom is 0.245 e. The highest BCUT2D eigenvalue weighted by molar-refractivity contribution is 5.85. The SMILES string of the molecule is Cc1cc(NC(Cc2ccccc2)C(=O)N2CCOCC2)nc(C2CC2)n1. The van der Waals surface area contributed by atoms with E-state index in [1.807, 2.05) is 36.1 Å². The number of morpholine rings is 1. The molecule has 1 amide bonds. The summed E-state index contributed by atoms with van der Waals surface area (Å²) in [5.74, 6) is 2.22. The van der Waals surface area contributed by atoms with Crippen molar-refractivity contribution in [1.82, 2.24) is 14.9 Å². The Hall–Kier alpha value is -2.47. The minimum atomic E-state index is -0.355. The molecule has 1 atom stereocenters. The van der Waals surface area contributed by atoms with Gasteiger partial charge in [-0.2, -0.15) is 0 Å². The first-order valence-electron chi connectivity index (χ1n) is 9.71. The van der Waals surface area contributed by atoms with E-state index in [0.29, 0.717) is 38.6 Å². The molecule has 27 heavy (non-hydrogen) atoms. The molecule has 0 bridgehead atoms. The quantitative estimate of drug-likeness (QED) is 0.851. The van der Waals surface area contributed by atoms with Crippen molar-refractivity contribution in [3.63, 3.8) is 0 Å². The molecule has 1 saturated carbocycles. The third-order valence-electron chi connectivity index (χ3n) is 5.04. The smallest absolute Gasteiger partial charge is 0.245 e. The second kappa shape index (κ2) is 8.05. The summed E-state index contributed by atoms with van der Waals surface area (Å²) >= 11 is 0. The van der Waals surface area contributed by atoms with Crippen molar-refractivity contribution < 1.29 is 9.53 Å². The standard InChI is InChI=1S/C21H26N4O2/c1-15-13-19(24-20(22-15)17-7-8-17)23-18(14-16-5-3-2-4-6-16)21(26)25-9-11-27-12-10-25/h2-6,13,17-18H,7-12,14H2,1H3,(H,22,23,24). The van der Waals surface area contributed by atoms with Crippen LogP contribution < -0.4 is 5.32 Å². The molecule has 2 fully saturated rings. The van der Waals surface area contributed by atoms with Crippen molar-refractivity contribution in [2.45, 2.75) is 38.1 Å². The van der Waals surface area contributed by atoms with Gasteiger partial charge in [0.2, 0.25) is 5.91 Å². The van der Waals surface area contributed by atoms with Gasteiger partial charge in [-0.05, 0) is 25.3 Å². The summed E-state index contributed by atoms with van der Waals surface area (Å²) in [6.45, 7) is 4.46. The van der Waals surface area contributed by atoms with Gasteiger partial charge in [-0.3, -0.25) is 4.79 Å². The fourth-order valence-electron chi connectivity index (χ4n) is 3.42. The van der Waals surface area contributed by atoms with Crippen LogP contribution in [0.2, 0.25) is 0 Å². The van der Waals surface area contributed by atoms with E-state index in [2.05, 4.69) is 27.4 Å². The summed E-state index contributed by atoms with van der Waals surface area (Å²) in [5.41, 5.74) is 2.07. The Kier molecular flexibility index (Phi) is 5.34. The minimum absolute atomic E-state index is 0.103. The molecule has 1 aliphatic heterocycles. The number of benzene rings is 1. The fraction of sp³-hybridized carbons (Fsp3) is 0.476. The average Bonchev–Trinajstić information content (AvgIpc) is 3.53. The molecule has 142 valence electrons. The molecule has 6 nitrogen and oxygen atoms in total. The van der Waals surface area contributed by atoms with Crippen LogP contribution in [-0.4, -0.2) is 53.1 Å². The lowest BCUT2D eigenvalue weighted by molar-refractivity contribution is -0.136. The van der Waals surface area contributed by atoms with Gasteiger partial charge in [0.1, 0.15) is 17.7 Å². The fourth-order valence-corrected chi connectivity index (χ4v) is 3.42. The zero-order valence-electron chi connectivity index (χ0n) is 15.7. The normalized spacial score (nSPS) is 18.2. The second-order valence-corrected chi connectivity index (χ2v) is 7.35. The first-order valence-corrected chi connectivity index (χ1v) is 9.71. The highest BCUT2D eigenvalue weighted by Crippen LogP contribution is 2.38. The van der Waals surface area contributed by atoms with E-state index in [0.717, 1.165) is 35.7 Å². The number of hydrogen-bond donors (Lipinski definition) is 1. The zero-order chi connectivity index (χ0) is 18.6. The molecule has 1 N–H and O–H groups in total. The van der Waals surface area contributed by atoms with Crippen LogP contribution in [0.4, 0.5) is 5.82 Å². The maximum absolute atomic E-state index is 13.2. The van der Waals surface area contributed by atoms with Gasteiger partial charge < -0.3 is 15.0 Å². The van der Waals surface area contributed by atoms with Crippen LogP contribution in [0.3, 0.4) is 0 Å². The molecule has 0 spiro atoms. The van der Waals surface area contributed by atoms with Gasteiger partial charge in [-0.1, -0.05) is 30.3 Å². The molecule has 4 rings (SSSR count). The molecule has 6 heteroatoms. The number of rotatable bonds is 6. The highest BCUT2D eigenvalue weighted by Gasteiger charge is 2.29. The van der Waals surface area contributed by atoms with Crippen molar-refractivity contribution in [1.29, 1.82) is 0 Å². The van der Waals surface area contributed by atoms with Crippen LogP contribution in [0.25, 0.3) is 0 Å². The molecule has 0 radical (unpaired) electrons. The van der Waals surface area contributed by atoms with Gasteiger partial charge >= 0.3 is 0 Å². The van der Waals surface area contributed by atoms with Crippen molar-refractivity contribution >= 4 is 11.7 Å². The van der Waals surface area contributed by atoms with Gasteiger partial charge in [-0.15, -0.1) is 0 Å². The van der Waals surface area contributed by atoms with Crippen LogP contribution >= 0.6 is 0 Å². The molecular formula is C21H26N4O2. The Morgan fingerprint density at radius 3 is 2.67 bits per heavy atom. The Balaban J connectivity index is 1.56. The van der Waals surface area contributed by atoms with E-state index in [-0.39, 0.29) is 11.9 Å². The lowest BCUT2D eigenvalue weighted by Crippen LogP contribution is -2.48. The first kappa shape index (κ1) is 17.9. The number of aryl methyl sites for hydroxylation is 1. The van der Waals surface area contributed by atoms with Crippen LogP contribution in [0.5, 0.6) is 0 Å². The topological polar surface area (TPSA) is 67.4 Å². The number of carbonyl (C=O) groups excluding carboxylic acids is 1. The summed E-state index contributed by atoms with van der Waals surface area (Å²) in [6, 6.07) is 11.7. The van der Waals surface area contributed by atoms with Crippen molar-refractivity contribution in [3.05, 3.63) is 53.5 Å². The Morgan fingerprint density at radius 2 is 1.96 bits per heavy atom. The summed E-state index contributed by atoms with van der Waals surface area (Å²) < 4.78 is 5.40. The molecule has 2 aromatic rings. The van der Waals surface area contributed by atoms with E-state index >= 15 is 0 Å². The number of amides is 1. The van der Waals surface area contributed by atoms with Crippen LogP contribution in [-0.2, 0) is 16.0 Å². The molecule has 1 aliphatic carbocycles. The van der Waals surface area contributed by atoms with Crippen LogP contribution in [0.15, 0.2) is 36.4 Å². The van der Waals surface area contributed by atoms with Crippen molar-refractivity contribution in [2.24, 2.45) is 0 Å². The lowest BCUT2D eigenvalue weighted by Gasteiger charge is -2.31. The number of anilines is 1. The Labute approximate surface area is 160 Å². The highest BCUT2D eigenvalue weighted by atomic mass is 16.5. The van der Waals surface area contributed by atoms with E-state index in [4.69, 9.17) is 4.74 Å². The van der Waals surface area contributed by atoms with Gasteiger partial charge in [0.25, 0.3) is 0 Å². The molecule has 1 aromatic heterocycles. The second-order valence-electron chi connectivity index (χ2n) is 7.35. The predicted molar refractivity (Wildman–Crippen MR) is 104 cm³/mol. The maximum atomic E-state index is 13.2. The van der Waals surface area contributed by atoms with Gasteiger partial charge in [0, 0.05) is 37.2 Å². The molecule has 2 aliphatic rings. The summed E-state index contributed by atoms with van der Waals surface area (Å²) in [4.78, 5) is 24.3. The summed E-state index contributed by atoms with van der Waals surface area (Å²) in [6.07, 6.45) is 2.94. The number of ether oxygens (including phenoxy) is 1. The van der Waals surface area contributed by atoms with Gasteiger partial charge in [0.15, 0.2) is 0 Å². The Bertz CT molecular complexity index is 786. The lowest BCUT2D eigenvalue weighted by atomic mass is 10.0. The minimum Gasteiger partial charge on any atom is -0.378 e. The van der Waals surface area contributed by atoms with E-state index in [9.17, 15) is 4.79 Å². The molecule has 1 saturated heterocycles. The third kappa shape index (κ3) is 4.63. The van der Waals surface area contributed by atoms with E-state index in [1.165, 1.54) is 0 Å². The van der Waals surface area contributed by atoms with Gasteiger partial charge in [-0.25, -0.2) is 9.97 Å². The van der Waals surface area contributed by atoms with E-state index < -0.39 is 0 Å².